The summed E-state index contributed by atoms with van der Waals surface area (Å²) < 4.78 is 0. The Kier molecular flexibility index (Phi) is 6.41. The van der Waals surface area contributed by atoms with E-state index in [1.54, 1.807) is 0 Å². The first-order chi connectivity index (χ1) is 5.93. The third-order valence-corrected chi connectivity index (χ3v) is 4.24. The third kappa shape index (κ3) is 4.66. The summed E-state index contributed by atoms with van der Waals surface area (Å²) in [6.07, 6.45) is 10.0. The number of unbranched alkanes of at least 4 members (excludes halogenated alkanes) is 2. The van der Waals surface area contributed by atoms with E-state index in [1.807, 2.05) is 0 Å². The first-order valence-electron chi connectivity index (χ1n) is 5.16. The molecule has 0 heterocycles. The second-order valence-electron chi connectivity index (χ2n) is 3.56. The molecule has 1 aliphatic rings. The minimum atomic E-state index is 1.01. The molecule has 0 saturated heterocycles. The van der Waals surface area contributed by atoms with Gasteiger partial charge >= 0.3 is 0 Å². The summed E-state index contributed by atoms with van der Waals surface area (Å²) in [5.74, 6) is 2.45. The van der Waals surface area contributed by atoms with Crippen molar-refractivity contribution in [1.29, 1.82) is 0 Å². The average molecular weight is 204 g/mol. The minimum Gasteiger partial charge on any atom is -0.179 e. The molecule has 0 aromatic carbocycles. The molecule has 0 spiro atoms. The van der Waals surface area contributed by atoms with Crippen molar-refractivity contribution >= 4 is 24.4 Å². The van der Waals surface area contributed by atoms with E-state index in [9.17, 15) is 0 Å². The third-order valence-electron chi connectivity index (χ3n) is 2.46. The molecule has 0 nitrogen and oxygen atoms in total. The van der Waals surface area contributed by atoms with E-state index < -0.39 is 0 Å². The fraction of sp³-hybridized carbons (Fsp3) is 1.00. The van der Waals surface area contributed by atoms with Crippen LogP contribution < -0.4 is 0 Å². The van der Waals surface area contributed by atoms with Crippen LogP contribution in [0.5, 0.6) is 0 Å². The van der Waals surface area contributed by atoms with Crippen LogP contribution in [-0.2, 0) is 0 Å². The normalized spacial score (nSPS) is 18.8. The van der Waals surface area contributed by atoms with Gasteiger partial charge in [-0.05, 0) is 37.2 Å². The van der Waals surface area contributed by atoms with Gasteiger partial charge in [-0.3, -0.25) is 0 Å². The van der Waals surface area contributed by atoms with Crippen LogP contribution in [0.4, 0.5) is 0 Å². The maximum Gasteiger partial charge on any atom is 0.00470 e. The Morgan fingerprint density at radius 2 is 1.83 bits per heavy atom. The SMILES string of the molecule is SCCCCCSC1CCCC1. The lowest BCUT2D eigenvalue weighted by molar-refractivity contribution is 0.783. The highest BCUT2D eigenvalue weighted by atomic mass is 32.2. The van der Waals surface area contributed by atoms with Crippen LogP contribution in [0.1, 0.15) is 44.9 Å². The highest BCUT2D eigenvalue weighted by Gasteiger charge is 2.14. The van der Waals surface area contributed by atoms with E-state index in [-0.39, 0.29) is 0 Å². The smallest absolute Gasteiger partial charge is 0.00470 e. The number of thioether (sulfide) groups is 1. The van der Waals surface area contributed by atoms with Crippen molar-refractivity contribution in [3.63, 3.8) is 0 Å². The first kappa shape index (κ1) is 10.8. The second kappa shape index (κ2) is 7.14. The van der Waals surface area contributed by atoms with Gasteiger partial charge in [0.15, 0.2) is 0 Å². The van der Waals surface area contributed by atoms with Crippen LogP contribution in [0.15, 0.2) is 0 Å². The predicted molar refractivity (Wildman–Crippen MR) is 62.4 cm³/mol. The molecule has 0 aliphatic heterocycles. The molecule has 0 atom stereocenters. The van der Waals surface area contributed by atoms with Crippen LogP contribution in [0.2, 0.25) is 0 Å². The molecular formula is C10H20S2. The van der Waals surface area contributed by atoms with E-state index in [0.29, 0.717) is 0 Å². The van der Waals surface area contributed by atoms with Crippen LogP contribution in [0, 0.1) is 0 Å². The van der Waals surface area contributed by atoms with Gasteiger partial charge in [-0.15, -0.1) is 0 Å². The van der Waals surface area contributed by atoms with Crippen molar-refractivity contribution in [2.24, 2.45) is 0 Å². The summed E-state index contributed by atoms with van der Waals surface area (Å²) >= 11 is 6.41. The van der Waals surface area contributed by atoms with E-state index in [2.05, 4.69) is 24.4 Å². The van der Waals surface area contributed by atoms with E-state index in [0.717, 1.165) is 11.0 Å². The van der Waals surface area contributed by atoms with Crippen molar-refractivity contribution in [3.05, 3.63) is 0 Å². The van der Waals surface area contributed by atoms with Gasteiger partial charge < -0.3 is 0 Å². The molecule has 1 saturated carbocycles. The number of hydrogen-bond donors (Lipinski definition) is 1. The summed E-state index contributed by atoms with van der Waals surface area (Å²) in [4.78, 5) is 0. The van der Waals surface area contributed by atoms with Crippen LogP contribution in [0.25, 0.3) is 0 Å². The molecule has 0 aromatic rings. The van der Waals surface area contributed by atoms with Gasteiger partial charge in [-0.1, -0.05) is 19.3 Å². The maximum absolute atomic E-state index is 4.20. The molecule has 2 heteroatoms. The monoisotopic (exact) mass is 204 g/mol. The quantitative estimate of drug-likeness (QED) is 0.508. The molecule has 1 fully saturated rings. The van der Waals surface area contributed by atoms with Gasteiger partial charge in [-0.2, -0.15) is 24.4 Å². The summed E-state index contributed by atoms with van der Waals surface area (Å²) in [7, 11) is 0. The Labute approximate surface area is 86.3 Å². The molecule has 0 bridgehead atoms. The van der Waals surface area contributed by atoms with Crippen molar-refractivity contribution in [3.8, 4) is 0 Å². The summed E-state index contributed by atoms with van der Waals surface area (Å²) in [6.45, 7) is 0. The Balaban J connectivity index is 1.81. The van der Waals surface area contributed by atoms with Gasteiger partial charge in [0.05, 0.1) is 0 Å². The molecule has 1 rings (SSSR count). The van der Waals surface area contributed by atoms with Crippen molar-refractivity contribution in [2.45, 2.75) is 50.2 Å². The average Bonchev–Trinajstić information content (AvgIpc) is 2.57. The summed E-state index contributed by atoms with van der Waals surface area (Å²) in [6, 6.07) is 0. The van der Waals surface area contributed by atoms with Gasteiger partial charge in [0.1, 0.15) is 0 Å². The van der Waals surface area contributed by atoms with Crippen molar-refractivity contribution in [2.75, 3.05) is 11.5 Å². The highest BCUT2D eigenvalue weighted by Crippen LogP contribution is 2.29. The molecule has 72 valence electrons. The van der Waals surface area contributed by atoms with E-state index >= 15 is 0 Å². The molecule has 0 unspecified atom stereocenters. The largest absolute Gasteiger partial charge is 0.179 e. The zero-order chi connectivity index (χ0) is 8.65. The predicted octanol–water partition coefficient (Wildman–Crippen LogP) is 3.76. The summed E-state index contributed by atoms with van der Waals surface area (Å²) in [5.41, 5.74) is 0. The maximum atomic E-state index is 4.20. The first-order valence-corrected chi connectivity index (χ1v) is 6.84. The second-order valence-corrected chi connectivity index (χ2v) is 5.42. The minimum absolute atomic E-state index is 1.01. The fourth-order valence-corrected chi connectivity index (χ4v) is 3.29. The molecule has 12 heavy (non-hydrogen) atoms. The number of rotatable bonds is 6. The van der Waals surface area contributed by atoms with E-state index in [1.165, 1.54) is 50.7 Å². The highest BCUT2D eigenvalue weighted by molar-refractivity contribution is 7.99. The molecule has 0 amide bonds. The standard InChI is InChI=1S/C10H20S2/c11-8-4-1-5-9-12-10-6-2-3-7-10/h10-11H,1-9H2. The Bertz CT molecular complexity index is 98.0. The van der Waals surface area contributed by atoms with Gasteiger partial charge in [0, 0.05) is 5.25 Å². The van der Waals surface area contributed by atoms with E-state index in [4.69, 9.17) is 0 Å². The zero-order valence-corrected chi connectivity index (χ0v) is 9.51. The van der Waals surface area contributed by atoms with Crippen molar-refractivity contribution in [1.82, 2.24) is 0 Å². The van der Waals surface area contributed by atoms with Crippen LogP contribution >= 0.6 is 24.4 Å². The molecule has 0 N–H and O–H groups in total. The van der Waals surface area contributed by atoms with Gasteiger partial charge in [0.2, 0.25) is 0 Å². The van der Waals surface area contributed by atoms with Gasteiger partial charge in [0.25, 0.3) is 0 Å². The van der Waals surface area contributed by atoms with Gasteiger partial charge in [-0.25, -0.2) is 0 Å². The zero-order valence-electron chi connectivity index (χ0n) is 7.80. The Hall–Kier alpha value is 0.700. The molecular weight excluding hydrogens is 184 g/mol. The lowest BCUT2D eigenvalue weighted by Gasteiger charge is -2.07. The Morgan fingerprint density at radius 3 is 2.50 bits per heavy atom. The summed E-state index contributed by atoms with van der Waals surface area (Å²) in [5, 5.41) is 1.01. The van der Waals surface area contributed by atoms with Crippen LogP contribution in [0.3, 0.4) is 0 Å². The number of hydrogen-bond acceptors (Lipinski definition) is 2. The Morgan fingerprint density at radius 1 is 1.08 bits per heavy atom. The molecule has 0 aromatic heterocycles. The molecule has 1 aliphatic carbocycles. The van der Waals surface area contributed by atoms with Crippen molar-refractivity contribution < 1.29 is 0 Å². The molecule has 0 radical (unpaired) electrons. The lowest BCUT2D eigenvalue weighted by atomic mass is 10.3. The lowest BCUT2D eigenvalue weighted by Crippen LogP contribution is -1.95. The van der Waals surface area contributed by atoms with Crippen LogP contribution in [-0.4, -0.2) is 16.8 Å². The fourth-order valence-electron chi connectivity index (χ4n) is 1.70. The number of thiol groups is 1. The topological polar surface area (TPSA) is 0 Å².